The summed E-state index contributed by atoms with van der Waals surface area (Å²) in [5.41, 5.74) is 1.04. The van der Waals surface area contributed by atoms with Crippen LogP contribution in [0.4, 0.5) is 10.7 Å². The van der Waals surface area contributed by atoms with Crippen LogP contribution in [0.15, 0.2) is 30.3 Å². The minimum Gasteiger partial charge on any atom is -0.480 e. The number of hydrogen-bond acceptors (Lipinski definition) is 6. The van der Waals surface area contributed by atoms with Crippen molar-refractivity contribution in [2.24, 2.45) is 0 Å². The molecule has 0 bridgehead atoms. The van der Waals surface area contributed by atoms with Crippen LogP contribution < -0.4 is 15.4 Å². The Bertz CT molecular complexity index is 799. The normalized spacial score (nSPS) is 9.67. The number of benzene rings is 1. The fourth-order valence-corrected chi connectivity index (χ4v) is 1.67. The zero-order valence-electron chi connectivity index (χ0n) is 12.6. The maximum atomic E-state index is 11.5. The topological polar surface area (TPSA) is 137 Å². The van der Waals surface area contributed by atoms with Crippen molar-refractivity contribution >= 4 is 17.9 Å². The number of aromatic nitrogens is 2. The van der Waals surface area contributed by atoms with Gasteiger partial charge in [-0.05, 0) is 31.2 Å². The van der Waals surface area contributed by atoms with E-state index in [2.05, 4.69) is 20.6 Å². The molecule has 1 heterocycles. The van der Waals surface area contributed by atoms with Crippen LogP contribution in [0.25, 0.3) is 0 Å². The van der Waals surface area contributed by atoms with Crippen LogP contribution in [0.3, 0.4) is 0 Å². The molecule has 0 atom stereocenters. The van der Waals surface area contributed by atoms with Crippen molar-refractivity contribution in [1.29, 1.82) is 5.26 Å². The molecule has 0 spiro atoms. The molecule has 0 aliphatic heterocycles. The lowest BCUT2D eigenvalue weighted by Gasteiger charge is -2.09. The van der Waals surface area contributed by atoms with Gasteiger partial charge in [0.1, 0.15) is 12.3 Å². The highest BCUT2D eigenvalue weighted by atomic mass is 16.5. The SMILES string of the molecule is Cc1cc(Oc2ccc(C#N)cc2)nc(NC(=O)NCC(=O)O)n1. The minimum atomic E-state index is -1.17. The van der Waals surface area contributed by atoms with Crippen molar-refractivity contribution in [2.75, 3.05) is 11.9 Å². The van der Waals surface area contributed by atoms with Crippen LogP contribution in [0.1, 0.15) is 11.3 Å². The Balaban J connectivity index is 2.08. The van der Waals surface area contributed by atoms with Gasteiger partial charge >= 0.3 is 12.0 Å². The van der Waals surface area contributed by atoms with Gasteiger partial charge in [-0.25, -0.2) is 9.78 Å². The van der Waals surface area contributed by atoms with Crippen molar-refractivity contribution in [1.82, 2.24) is 15.3 Å². The monoisotopic (exact) mass is 327 g/mol. The third-order valence-corrected chi connectivity index (χ3v) is 2.66. The van der Waals surface area contributed by atoms with Crippen molar-refractivity contribution in [3.63, 3.8) is 0 Å². The smallest absolute Gasteiger partial charge is 0.323 e. The van der Waals surface area contributed by atoms with E-state index in [9.17, 15) is 9.59 Å². The van der Waals surface area contributed by atoms with E-state index in [-0.39, 0.29) is 11.8 Å². The van der Waals surface area contributed by atoms with E-state index in [4.69, 9.17) is 15.1 Å². The standard InChI is InChI=1S/C15H13N5O4/c1-9-6-12(24-11-4-2-10(7-16)3-5-11)19-14(18-9)20-15(23)17-8-13(21)22/h2-6H,8H2,1H3,(H,21,22)(H2,17,18,19,20,23). The third-order valence-electron chi connectivity index (χ3n) is 2.66. The number of nitrogens with zero attached hydrogens (tertiary/aromatic N) is 3. The number of aryl methyl sites for hydroxylation is 1. The van der Waals surface area contributed by atoms with Crippen LogP contribution in [0.5, 0.6) is 11.6 Å². The molecule has 2 aromatic rings. The van der Waals surface area contributed by atoms with Gasteiger partial charge in [-0.3, -0.25) is 10.1 Å². The first-order valence-corrected chi connectivity index (χ1v) is 6.76. The Morgan fingerprint density at radius 3 is 2.62 bits per heavy atom. The Labute approximate surface area is 136 Å². The fraction of sp³-hybridized carbons (Fsp3) is 0.133. The van der Waals surface area contributed by atoms with Crippen LogP contribution in [-0.4, -0.2) is 33.6 Å². The summed E-state index contributed by atoms with van der Waals surface area (Å²) in [7, 11) is 0. The number of carboxylic acid groups (broad SMARTS) is 1. The summed E-state index contributed by atoms with van der Waals surface area (Å²) in [6.45, 7) is 1.17. The van der Waals surface area contributed by atoms with Crippen LogP contribution in [-0.2, 0) is 4.79 Å². The van der Waals surface area contributed by atoms with E-state index < -0.39 is 18.5 Å². The van der Waals surface area contributed by atoms with E-state index >= 15 is 0 Å². The van der Waals surface area contributed by atoms with Gasteiger partial charge < -0.3 is 15.2 Å². The second-order valence-electron chi connectivity index (χ2n) is 4.61. The lowest BCUT2D eigenvalue weighted by atomic mass is 10.2. The maximum Gasteiger partial charge on any atom is 0.323 e. The molecule has 0 fully saturated rings. The number of ether oxygens (including phenoxy) is 1. The molecule has 0 aliphatic carbocycles. The van der Waals surface area contributed by atoms with Gasteiger partial charge in [0.25, 0.3) is 0 Å². The van der Waals surface area contributed by atoms with Gasteiger partial charge in [-0.15, -0.1) is 0 Å². The number of hydrogen-bond donors (Lipinski definition) is 3. The highest BCUT2D eigenvalue weighted by Crippen LogP contribution is 2.21. The van der Waals surface area contributed by atoms with E-state index in [0.717, 1.165) is 0 Å². The number of aliphatic carboxylic acids is 1. The molecule has 0 saturated carbocycles. The summed E-state index contributed by atoms with van der Waals surface area (Å²) in [6, 6.07) is 9.25. The number of carbonyl (C=O) groups is 2. The predicted octanol–water partition coefficient (Wildman–Crippen LogP) is 1.66. The molecular weight excluding hydrogens is 314 g/mol. The number of carboxylic acids is 1. The Kier molecular flexibility index (Phi) is 5.25. The van der Waals surface area contributed by atoms with Gasteiger partial charge in [0.05, 0.1) is 11.6 Å². The zero-order valence-corrected chi connectivity index (χ0v) is 12.6. The van der Waals surface area contributed by atoms with Crippen LogP contribution >= 0.6 is 0 Å². The number of nitrogens with one attached hydrogen (secondary N) is 2. The van der Waals surface area contributed by atoms with E-state index in [1.165, 1.54) is 0 Å². The number of amides is 2. The molecule has 24 heavy (non-hydrogen) atoms. The summed E-state index contributed by atoms with van der Waals surface area (Å²) in [5, 5.41) is 21.7. The quantitative estimate of drug-likeness (QED) is 0.759. The van der Waals surface area contributed by atoms with Crippen molar-refractivity contribution in [3.05, 3.63) is 41.6 Å². The van der Waals surface area contributed by atoms with Gasteiger partial charge in [0, 0.05) is 11.8 Å². The van der Waals surface area contributed by atoms with Gasteiger partial charge in [-0.2, -0.15) is 10.2 Å². The Morgan fingerprint density at radius 2 is 2.00 bits per heavy atom. The molecule has 0 saturated heterocycles. The molecule has 0 unspecified atom stereocenters. The first-order valence-electron chi connectivity index (χ1n) is 6.76. The summed E-state index contributed by atoms with van der Waals surface area (Å²) in [4.78, 5) is 30.0. The number of carbonyl (C=O) groups excluding carboxylic acids is 1. The number of nitriles is 1. The maximum absolute atomic E-state index is 11.5. The minimum absolute atomic E-state index is 0.0264. The molecule has 0 aliphatic rings. The number of rotatable bonds is 5. The lowest BCUT2D eigenvalue weighted by molar-refractivity contribution is -0.135. The van der Waals surface area contributed by atoms with E-state index in [0.29, 0.717) is 17.0 Å². The van der Waals surface area contributed by atoms with Crippen molar-refractivity contribution in [2.45, 2.75) is 6.92 Å². The number of urea groups is 1. The lowest BCUT2D eigenvalue weighted by Crippen LogP contribution is -2.33. The molecule has 0 radical (unpaired) electrons. The van der Waals surface area contributed by atoms with Gasteiger partial charge in [0.2, 0.25) is 11.8 Å². The van der Waals surface area contributed by atoms with Crippen LogP contribution in [0.2, 0.25) is 0 Å². The van der Waals surface area contributed by atoms with Crippen molar-refractivity contribution < 1.29 is 19.4 Å². The average molecular weight is 327 g/mol. The predicted molar refractivity (Wildman–Crippen MR) is 82.7 cm³/mol. The second kappa shape index (κ2) is 7.55. The first kappa shape index (κ1) is 16.7. The van der Waals surface area contributed by atoms with E-state index in [1.54, 1.807) is 37.3 Å². The molecule has 1 aromatic heterocycles. The Morgan fingerprint density at radius 1 is 1.29 bits per heavy atom. The molecule has 122 valence electrons. The molecule has 9 nitrogen and oxygen atoms in total. The average Bonchev–Trinajstić information content (AvgIpc) is 2.53. The summed E-state index contributed by atoms with van der Waals surface area (Å²) >= 11 is 0. The fourth-order valence-electron chi connectivity index (χ4n) is 1.67. The number of anilines is 1. The molecule has 2 amide bonds. The summed E-state index contributed by atoms with van der Waals surface area (Å²) in [5.74, 6) is -0.532. The van der Waals surface area contributed by atoms with Gasteiger partial charge in [-0.1, -0.05) is 0 Å². The Hall–Kier alpha value is -3.67. The van der Waals surface area contributed by atoms with Gasteiger partial charge in [0.15, 0.2) is 0 Å². The highest BCUT2D eigenvalue weighted by molar-refractivity contribution is 5.89. The molecular formula is C15H13N5O4. The zero-order chi connectivity index (χ0) is 17.5. The molecule has 9 heteroatoms. The third kappa shape index (κ3) is 4.96. The molecule has 2 rings (SSSR count). The van der Waals surface area contributed by atoms with Crippen LogP contribution in [0, 0.1) is 18.3 Å². The second-order valence-corrected chi connectivity index (χ2v) is 4.61. The largest absolute Gasteiger partial charge is 0.480 e. The molecule has 1 aromatic carbocycles. The van der Waals surface area contributed by atoms with E-state index in [1.807, 2.05) is 6.07 Å². The first-order chi connectivity index (χ1) is 11.5. The molecule has 3 N–H and O–H groups in total. The van der Waals surface area contributed by atoms with Crippen molar-refractivity contribution in [3.8, 4) is 17.7 Å². The summed E-state index contributed by atoms with van der Waals surface area (Å²) in [6.07, 6.45) is 0. The summed E-state index contributed by atoms with van der Waals surface area (Å²) < 4.78 is 5.55. The highest BCUT2D eigenvalue weighted by Gasteiger charge is 2.09.